The average molecular weight is 314 g/mol. The van der Waals surface area contributed by atoms with Gasteiger partial charge in [0.15, 0.2) is 0 Å². The summed E-state index contributed by atoms with van der Waals surface area (Å²) in [5.41, 5.74) is 1.36. The number of amides is 1. The maximum atomic E-state index is 12.1. The van der Waals surface area contributed by atoms with Crippen molar-refractivity contribution in [2.75, 3.05) is 11.6 Å². The molecule has 0 aliphatic heterocycles. The Hall–Kier alpha value is -1.53. The first kappa shape index (κ1) is 16.5. The number of benzene rings is 1. The van der Waals surface area contributed by atoms with Crippen molar-refractivity contribution in [1.29, 1.82) is 0 Å². The minimum atomic E-state index is -0.298. The predicted octanol–water partition coefficient (Wildman–Crippen LogP) is 3.95. The minimum absolute atomic E-state index is 0. The molecule has 1 N–H and O–H groups in total. The zero-order valence-corrected chi connectivity index (χ0v) is 12.2. The van der Waals surface area contributed by atoms with Crippen LogP contribution in [0.2, 0.25) is 5.02 Å². The van der Waals surface area contributed by atoms with Crippen molar-refractivity contribution in [1.82, 2.24) is 10.2 Å². The van der Waals surface area contributed by atoms with Gasteiger partial charge in [0.1, 0.15) is 0 Å². The van der Waals surface area contributed by atoms with Crippen molar-refractivity contribution in [3.63, 3.8) is 0 Å². The van der Waals surface area contributed by atoms with Crippen molar-refractivity contribution in [3.05, 3.63) is 34.2 Å². The van der Waals surface area contributed by atoms with Gasteiger partial charge in [0, 0.05) is 17.4 Å². The molecule has 0 spiro atoms. The molecule has 1 aromatic carbocycles. The fourth-order valence-electron chi connectivity index (χ4n) is 1.67. The zero-order valence-electron chi connectivity index (χ0n) is 10.7. The molecule has 1 heterocycles. The molecule has 108 valence electrons. The highest BCUT2D eigenvalue weighted by atomic mass is 35.5. The van der Waals surface area contributed by atoms with E-state index in [0.717, 1.165) is 10.5 Å². The molecule has 1 amide bonds. The van der Waals surface area contributed by atoms with E-state index in [1.54, 1.807) is 19.1 Å². The highest BCUT2D eigenvalue weighted by Gasteiger charge is 2.16. The maximum Gasteiger partial charge on any atom is 0.322 e. The lowest BCUT2D eigenvalue weighted by Gasteiger charge is -2.10. The number of thioether (sulfide) groups is 1. The molecule has 20 heavy (non-hydrogen) atoms. The Morgan fingerprint density at radius 3 is 2.60 bits per heavy atom. The Morgan fingerprint density at radius 2 is 2.05 bits per heavy atom. The summed E-state index contributed by atoms with van der Waals surface area (Å²) in [7, 11) is 0. The van der Waals surface area contributed by atoms with E-state index in [0.29, 0.717) is 16.5 Å². The Morgan fingerprint density at radius 1 is 1.35 bits per heavy atom. The Labute approximate surface area is 127 Å². The van der Waals surface area contributed by atoms with E-state index < -0.39 is 0 Å². The van der Waals surface area contributed by atoms with Crippen LogP contribution < -0.4 is 5.32 Å². The van der Waals surface area contributed by atoms with Crippen LogP contribution in [0, 0.1) is 13.8 Å². The summed E-state index contributed by atoms with van der Waals surface area (Å²) in [5.74, 6) is 0.0982. The lowest BCUT2D eigenvalue weighted by Crippen LogP contribution is -2.14. The number of anilines is 1. The van der Waals surface area contributed by atoms with Gasteiger partial charge in [-0.15, -0.1) is 16.9 Å². The van der Waals surface area contributed by atoms with Gasteiger partial charge < -0.3 is 4.42 Å². The number of carbonyl (C=O) groups is 1. The van der Waals surface area contributed by atoms with E-state index in [2.05, 4.69) is 15.5 Å². The van der Waals surface area contributed by atoms with Crippen LogP contribution in [0.4, 0.5) is 6.01 Å². The number of rotatable bonds is 3. The molecule has 0 atom stereocenters. The molecule has 0 unspecified atom stereocenters. The second kappa shape index (κ2) is 6.76. The smallest absolute Gasteiger partial charge is 0.322 e. The van der Waals surface area contributed by atoms with Crippen LogP contribution in [-0.2, 0) is 0 Å². The predicted molar refractivity (Wildman–Crippen MR) is 81.7 cm³/mol. The highest BCUT2D eigenvalue weighted by Crippen LogP contribution is 2.31. The van der Waals surface area contributed by atoms with Gasteiger partial charge in [-0.1, -0.05) is 24.1 Å². The summed E-state index contributed by atoms with van der Waals surface area (Å²) < 4.78 is 5.11. The number of carbonyl (C=O) groups excluding carboxylic acids is 1. The standard InChI is InChI=1S/C12H12ClN3O2S.CH4/c1-6-8(4-5-9(13)10(6)19-3)11(17)14-12-16-15-7(2)18-12;/h4-5H,1-3H3,(H,14,16,17);1H4. The molecule has 0 saturated carbocycles. The van der Waals surface area contributed by atoms with Crippen molar-refractivity contribution in [2.45, 2.75) is 26.2 Å². The van der Waals surface area contributed by atoms with Gasteiger partial charge in [-0.25, -0.2) is 0 Å². The summed E-state index contributed by atoms with van der Waals surface area (Å²) in [6.07, 6.45) is 1.91. The number of halogens is 1. The molecular weight excluding hydrogens is 298 g/mol. The number of aromatic nitrogens is 2. The summed E-state index contributed by atoms with van der Waals surface area (Å²) in [6, 6.07) is 3.46. The number of aryl methyl sites for hydroxylation is 1. The first-order valence-electron chi connectivity index (χ1n) is 5.47. The molecule has 2 rings (SSSR count). The topological polar surface area (TPSA) is 68.0 Å². The Balaban J connectivity index is 0.00000200. The fourth-order valence-corrected chi connectivity index (χ4v) is 2.78. The SMILES string of the molecule is C.CSc1c(Cl)ccc(C(=O)Nc2nnc(C)o2)c1C. The zero-order chi connectivity index (χ0) is 14.0. The molecule has 0 fully saturated rings. The molecule has 1 aromatic heterocycles. The molecule has 0 radical (unpaired) electrons. The van der Waals surface area contributed by atoms with Crippen LogP contribution in [0.15, 0.2) is 21.4 Å². The third-order valence-electron chi connectivity index (χ3n) is 2.55. The van der Waals surface area contributed by atoms with Gasteiger partial charge in [0.2, 0.25) is 5.89 Å². The first-order valence-corrected chi connectivity index (χ1v) is 7.07. The molecule has 0 bridgehead atoms. The van der Waals surface area contributed by atoms with Crippen LogP contribution in [0.3, 0.4) is 0 Å². The fraction of sp³-hybridized carbons (Fsp3) is 0.308. The minimum Gasteiger partial charge on any atom is -0.408 e. The van der Waals surface area contributed by atoms with E-state index >= 15 is 0 Å². The van der Waals surface area contributed by atoms with Gasteiger partial charge in [-0.2, -0.15) is 0 Å². The second-order valence-electron chi connectivity index (χ2n) is 3.83. The summed E-state index contributed by atoms with van der Waals surface area (Å²) in [4.78, 5) is 13.0. The third kappa shape index (κ3) is 3.32. The number of hydrogen-bond donors (Lipinski definition) is 1. The normalized spacial score (nSPS) is 10.0. The molecular formula is C13H16ClN3O2S. The van der Waals surface area contributed by atoms with E-state index in [1.165, 1.54) is 11.8 Å². The Bertz CT molecular complexity index is 628. The molecule has 2 aromatic rings. The lowest BCUT2D eigenvalue weighted by atomic mass is 10.1. The van der Waals surface area contributed by atoms with Gasteiger partial charge >= 0.3 is 6.01 Å². The largest absolute Gasteiger partial charge is 0.408 e. The molecule has 0 saturated heterocycles. The number of hydrogen-bond acceptors (Lipinski definition) is 5. The van der Waals surface area contributed by atoms with Gasteiger partial charge in [-0.05, 0) is 30.9 Å². The van der Waals surface area contributed by atoms with E-state index in [9.17, 15) is 4.79 Å². The summed E-state index contributed by atoms with van der Waals surface area (Å²) in [5, 5.41) is 10.6. The lowest BCUT2D eigenvalue weighted by molar-refractivity contribution is 0.102. The van der Waals surface area contributed by atoms with Crippen LogP contribution in [0.5, 0.6) is 0 Å². The third-order valence-corrected chi connectivity index (χ3v) is 3.91. The van der Waals surface area contributed by atoms with Gasteiger partial charge in [-0.3, -0.25) is 10.1 Å². The van der Waals surface area contributed by atoms with Gasteiger partial charge in [0.25, 0.3) is 5.91 Å². The summed E-state index contributed by atoms with van der Waals surface area (Å²) >= 11 is 7.58. The van der Waals surface area contributed by atoms with Crippen LogP contribution in [0.25, 0.3) is 0 Å². The van der Waals surface area contributed by atoms with Gasteiger partial charge in [0.05, 0.1) is 5.02 Å². The monoisotopic (exact) mass is 313 g/mol. The van der Waals surface area contributed by atoms with E-state index in [-0.39, 0.29) is 19.3 Å². The average Bonchev–Trinajstić information content (AvgIpc) is 2.75. The molecule has 5 nitrogen and oxygen atoms in total. The van der Waals surface area contributed by atoms with Crippen molar-refractivity contribution in [3.8, 4) is 0 Å². The van der Waals surface area contributed by atoms with Crippen molar-refractivity contribution >= 4 is 35.3 Å². The number of nitrogens with zero attached hydrogens (tertiary/aromatic N) is 2. The van der Waals surface area contributed by atoms with Crippen LogP contribution >= 0.6 is 23.4 Å². The first-order chi connectivity index (χ1) is 9.02. The van der Waals surface area contributed by atoms with E-state index in [4.69, 9.17) is 16.0 Å². The second-order valence-corrected chi connectivity index (χ2v) is 5.06. The molecule has 0 aliphatic carbocycles. The van der Waals surface area contributed by atoms with Crippen LogP contribution in [-0.4, -0.2) is 22.4 Å². The molecule has 7 heteroatoms. The van der Waals surface area contributed by atoms with Crippen LogP contribution in [0.1, 0.15) is 29.2 Å². The highest BCUT2D eigenvalue weighted by molar-refractivity contribution is 7.98. The summed E-state index contributed by atoms with van der Waals surface area (Å²) in [6.45, 7) is 3.51. The maximum absolute atomic E-state index is 12.1. The Kier molecular flexibility index (Phi) is 5.59. The number of nitrogens with one attached hydrogen (secondary N) is 1. The van der Waals surface area contributed by atoms with Crippen molar-refractivity contribution in [2.24, 2.45) is 0 Å². The molecule has 0 aliphatic rings. The van der Waals surface area contributed by atoms with E-state index in [1.807, 2.05) is 13.2 Å². The van der Waals surface area contributed by atoms with Crippen molar-refractivity contribution < 1.29 is 9.21 Å². The quantitative estimate of drug-likeness (QED) is 0.869.